The SMILES string of the molecule is CCN1CCCC1CNC(=NC)NCc1ccc(C)s1. The van der Waals surface area contributed by atoms with Crippen molar-refractivity contribution in [1.82, 2.24) is 15.5 Å². The first kappa shape index (κ1) is 15.3. The molecule has 1 aliphatic rings. The van der Waals surface area contributed by atoms with Gasteiger partial charge in [0.2, 0.25) is 0 Å². The second-order valence-corrected chi connectivity index (χ2v) is 6.62. The van der Waals surface area contributed by atoms with E-state index in [1.54, 1.807) is 0 Å². The van der Waals surface area contributed by atoms with Crippen LogP contribution in [-0.2, 0) is 6.54 Å². The summed E-state index contributed by atoms with van der Waals surface area (Å²) in [4.78, 5) is 9.55. The molecule has 0 spiro atoms. The van der Waals surface area contributed by atoms with Crippen LogP contribution >= 0.6 is 11.3 Å². The number of thiophene rings is 1. The Kier molecular flexibility index (Phi) is 5.86. The normalized spacial score (nSPS) is 20.4. The molecular weight excluding hydrogens is 268 g/mol. The lowest BCUT2D eigenvalue weighted by molar-refractivity contribution is 0.267. The first-order valence-corrected chi connectivity index (χ1v) is 8.28. The molecule has 5 heteroatoms. The molecule has 0 aromatic carbocycles. The highest BCUT2D eigenvalue weighted by molar-refractivity contribution is 7.11. The molecule has 1 atom stereocenters. The Bertz CT molecular complexity index is 441. The van der Waals surface area contributed by atoms with Gasteiger partial charge in [-0.3, -0.25) is 9.89 Å². The van der Waals surface area contributed by atoms with Gasteiger partial charge in [-0.25, -0.2) is 0 Å². The van der Waals surface area contributed by atoms with Gasteiger partial charge in [0.1, 0.15) is 0 Å². The Labute approximate surface area is 126 Å². The van der Waals surface area contributed by atoms with E-state index in [0.29, 0.717) is 6.04 Å². The van der Waals surface area contributed by atoms with Gasteiger partial charge in [-0.15, -0.1) is 11.3 Å². The molecule has 1 saturated heterocycles. The zero-order chi connectivity index (χ0) is 14.4. The number of likely N-dealkylation sites (N-methyl/N-ethyl adjacent to an activating group) is 1. The molecule has 1 aromatic rings. The standard InChI is InChI=1S/C15H26N4S/c1-4-19-9-5-6-13(19)10-17-15(16-3)18-11-14-8-7-12(2)20-14/h7-8,13H,4-6,9-11H2,1-3H3,(H2,16,17,18). The summed E-state index contributed by atoms with van der Waals surface area (Å²) < 4.78 is 0. The molecule has 0 bridgehead atoms. The fourth-order valence-corrected chi connectivity index (χ4v) is 3.56. The van der Waals surface area contributed by atoms with Crippen molar-refractivity contribution in [3.8, 4) is 0 Å². The van der Waals surface area contributed by atoms with E-state index in [4.69, 9.17) is 0 Å². The fourth-order valence-electron chi connectivity index (χ4n) is 2.73. The molecule has 0 radical (unpaired) electrons. The van der Waals surface area contributed by atoms with Crippen LogP contribution in [0.3, 0.4) is 0 Å². The number of hydrogen-bond acceptors (Lipinski definition) is 3. The van der Waals surface area contributed by atoms with Crippen LogP contribution in [0.25, 0.3) is 0 Å². The van der Waals surface area contributed by atoms with Gasteiger partial charge in [-0.1, -0.05) is 6.92 Å². The third kappa shape index (κ3) is 4.21. The monoisotopic (exact) mass is 294 g/mol. The minimum Gasteiger partial charge on any atom is -0.355 e. The quantitative estimate of drug-likeness (QED) is 0.646. The molecule has 112 valence electrons. The number of guanidine groups is 1. The van der Waals surface area contributed by atoms with Crippen molar-refractivity contribution in [1.29, 1.82) is 0 Å². The van der Waals surface area contributed by atoms with Gasteiger partial charge in [0, 0.05) is 29.4 Å². The fraction of sp³-hybridized carbons (Fsp3) is 0.667. The van der Waals surface area contributed by atoms with Gasteiger partial charge < -0.3 is 10.6 Å². The molecule has 0 aliphatic carbocycles. The Hall–Kier alpha value is -1.07. The maximum Gasteiger partial charge on any atom is 0.191 e. The van der Waals surface area contributed by atoms with Crippen LogP contribution in [-0.4, -0.2) is 43.6 Å². The van der Waals surface area contributed by atoms with Crippen molar-refractivity contribution < 1.29 is 0 Å². The lowest BCUT2D eigenvalue weighted by Gasteiger charge is -2.23. The summed E-state index contributed by atoms with van der Waals surface area (Å²) in [6, 6.07) is 4.99. The van der Waals surface area contributed by atoms with E-state index in [-0.39, 0.29) is 0 Å². The zero-order valence-corrected chi connectivity index (χ0v) is 13.6. The van der Waals surface area contributed by atoms with Crippen molar-refractivity contribution in [2.75, 3.05) is 26.7 Å². The average molecular weight is 294 g/mol. The van der Waals surface area contributed by atoms with Gasteiger partial charge in [-0.05, 0) is 45.0 Å². The molecule has 2 rings (SSSR count). The van der Waals surface area contributed by atoms with Crippen molar-refractivity contribution in [2.24, 2.45) is 4.99 Å². The van der Waals surface area contributed by atoms with Gasteiger partial charge in [0.05, 0.1) is 6.54 Å². The molecule has 1 unspecified atom stereocenters. The molecule has 0 saturated carbocycles. The van der Waals surface area contributed by atoms with Gasteiger partial charge in [0.15, 0.2) is 5.96 Å². The third-order valence-electron chi connectivity index (χ3n) is 3.86. The predicted molar refractivity (Wildman–Crippen MR) is 87.5 cm³/mol. The van der Waals surface area contributed by atoms with Crippen molar-refractivity contribution in [3.63, 3.8) is 0 Å². The second-order valence-electron chi connectivity index (χ2n) is 5.24. The van der Waals surface area contributed by atoms with E-state index in [1.807, 2.05) is 18.4 Å². The molecule has 0 amide bonds. The van der Waals surface area contributed by atoms with E-state index in [1.165, 1.54) is 29.1 Å². The van der Waals surface area contributed by atoms with E-state index in [0.717, 1.165) is 25.6 Å². The molecule has 1 aliphatic heterocycles. The van der Waals surface area contributed by atoms with Crippen molar-refractivity contribution in [2.45, 2.75) is 39.3 Å². The second kappa shape index (κ2) is 7.64. The van der Waals surface area contributed by atoms with Crippen LogP contribution in [0.2, 0.25) is 0 Å². The highest BCUT2D eigenvalue weighted by Crippen LogP contribution is 2.16. The van der Waals surface area contributed by atoms with Crippen LogP contribution in [0.15, 0.2) is 17.1 Å². The molecule has 1 aromatic heterocycles. The Morgan fingerprint density at radius 1 is 1.45 bits per heavy atom. The Morgan fingerprint density at radius 3 is 2.95 bits per heavy atom. The van der Waals surface area contributed by atoms with Gasteiger partial charge in [-0.2, -0.15) is 0 Å². The van der Waals surface area contributed by atoms with E-state index in [9.17, 15) is 0 Å². The summed E-state index contributed by atoms with van der Waals surface area (Å²) in [6.45, 7) is 8.60. The van der Waals surface area contributed by atoms with Crippen LogP contribution in [0.5, 0.6) is 0 Å². The number of aryl methyl sites for hydroxylation is 1. The lowest BCUT2D eigenvalue weighted by Crippen LogP contribution is -2.44. The van der Waals surface area contributed by atoms with Crippen LogP contribution in [0.1, 0.15) is 29.5 Å². The summed E-state index contributed by atoms with van der Waals surface area (Å²) in [5.74, 6) is 0.902. The molecule has 4 nitrogen and oxygen atoms in total. The number of hydrogen-bond donors (Lipinski definition) is 2. The van der Waals surface area contributed by atoms with Crippen LogP contribution in [0, 0.1) is 6.92 Å². The number of nitrogens with one attached hydrogen (secondary N) is 2. The first-order chi connectivity index (χ1) is 9.72. The van der Waals surface area contributed by atoms with E-state index < -0.39 is 0 Å². The highest BCUT2D eigenvalue weighted by atomic mass is 32.1. The summed E-state index contributed by atoms with van der Waals surface area (Å²) in [7, 11) is 1.83. The summed E-state index contributed by atoms with van der Waals surface area (Å²) in [6.07, 6.45) is 2.61. The molecule has 2 heterocycles. The average Bonchev–Trinajstić information content (AvgIpc) is 3.07. The number of likely N-dealkylation sites (tertiary alicyclic amines) is 1. The molecule has 1 fully saturated rings. The summed E-state index contributed by atoms with van der Waals surface area (Å²) >= 11 is 1.83. The van der Waals surface area contributed by atoms with Crippen molar-refractivity contribution >= 4 is 17.3 Å². The summed E-state index contributed by atoms with van der Waals surface area (Å²) in [5.41, 5.74) is 0. The van der Waals surface area contributed by atoms with Crippen LogP contribution < -0.4 is 10.6 Å². The predicted octanol–water partition coefficient (Wildman–Crippen LogP) is 2.21. The van der Waals surface area contributed by atoms with Gasteiger partial charge in [0.25, 0.3) is 0 Å². The molecule has 2 N–H and O–H groups in total. The highest BCUT2D eigenvalue weighted by Gasteiger charge is 2.22. The first-order valence-electron chi connectivity index (χ1n) is 7.46. The number of rotatable bonds is 5. The lowest BCUT2D eigenvalue weighted by atomic mass is 10.2. The molecule has 20 heavy (non-hydrogen) atoms. The smallest absolute Gasteiger partial charge is 0.191 e. The van der Waals surface area contributed by atoms with E-state index in [2.05, 4.69) is 46.5 Å². The maximum absolute atomic E-state index is 4.30. The van der Waals surface area contributed by atoms with Crippen LogP contribution in [0.4, 0.5) is 0 Å². The largest absolute Gasteiger partial charge is 0.355 e. The molecular formula is C15H26N4S. The van der Waals surface area contributed by atoms with E-state index >= 15 is 0 Å². The Morgan fingerprint density at radius 2 is 2.30 bits per heavy atom. The van der Waals surface area contributed by atoms with Crippen molar-refractivity contribution in [3.05, 3.63) is 21.9 Å². The third-order valence-corrected chi connectivity index (χ3v) is 4.86. The zero-order valence-electron chi connectivity index (χ0n) is 12.8. The summed E-state index contributed by atoms with van der Waals surface area (Å²) in [5, 5.41) is 6.84. The minimum atomic E-state index is 0.655. The topological polar surface area (TPSA) is 39.7 Å². The maximum atomic E-state index is 4.30. The Balaban J connectivity index is 1.75. The number of aliphatic imine (C=N–C) groups is 1. The van der Waals surface area contributed by atoms with Gasteiger partial charge >= 0.3 is 0 Å². The number of nitrogens with zero attached hydrogens (tertiary/aromatic N) is 2. The minimum absolute atomic E-state index is 0.655.